The Labute approximate surface area is 117 Å². The van der Waals surface area contributed by atoms with Crippen LogP contribution in [0.3, 0.4) is 0 Å². The van der Waals surface area contributed by atoms with Crippen LogP contribution in [-0.4, -0.2) is 19.1 Å². The number of rotatable bonds is 3. The van der Waals surface area contributed by atoms with Crippen molar-refractivity contribution in [2.75, 3.05) is 23.3 Å². The standard InChI is InChI=1S/C17H26N2/c1-14-4-6-15(7-5-14)18-16-8-10-17(11-9-16)19-12-2-3-13-19/h8-11,14-15,18H,2-7,12-13H2,1H3. The monoisotopic (exact) mass is 258 g/mol. The van der Waals surface area contributed by atoms with E-state index < -0.39 is 0 Å². The van der Waals surface area contributed by atoms with Crippen molar-refractivity contribution in [2.45, 2.75) is 51.5 Å². The molecule has 1 aliphatic heterocycles. The predicted molar refractivity (Wildman–Crippen MR) is 82.9 cm³/mol. The van der Waals surface area contributed by atoms with Gasteiger partial charge in [0.05, 0.1) is 0 Å². The lowest BCUT2D eigenvalue weighted by Gasteiger charge is -2.28. The lowest BCUT2D eigenvalue weighted by Crippen LogP contribution is -2.25. The molecule has 1 heterocycles. The molecule has 1 aromatic rings. The van der Waals surface area contributed by atoms with Crippen LogP contribution in [-0.2, 0) is 0 Å². The van der Waals surface area contributed by atoms with Crippen LogP contribution >= 0.6 is 0 Å². The second kappa shape index (κ2) is 5.85. The second-order valence-corrected chi connectivity index (χ2v) is 6.34. The Bertz CT molecular complexity index is 384. The van der Waals surface area contributed by atoms with Crippen LogP contribution in [0.1, 0.15) is 45.4 Å². The summed E-state index contributed by atoms with van der Waals surface area (Å²) in [6.07, 6.45) is 8.11. The lowest BCUT2D eigenvalue weighted by molar-refractivity contribution is 0.361. The SMILES string of the molecule is CC1CCC(Nc2ccc(N3CCCC3)cc2)CC1. The molecule has 1 aromatic carbocycles. The Kier molecular flexibility index (Phi) is 3.95. The predicted octanol–water partition coefficient (Wildman–Crippen LogP) is 4.28. The van der Waals surface area contributed by atoms with Gasteiger partial charge in [-0.05, 0) is 68.7 Å². The van der Waals surface area contributed by atoms with E-state index in [0.717, 1.165) is 5.92 Å². The molecule has 1 aliphatic carbocycles. The Morgan fingerprint density at radius 1 is 0.947 bits per heavy atom. The highest BCUT2D eigenvalue weighted by Gasteiger charge is 2.18. The average Bonchev–Trinajstić information content (AvgIpc) is 2.96. The van der Waals surface area contributed by atoms with Gasteiger partial charge in [0.1, 0.15) is 0 Å². The van der Waals surface area contributed by atoms with Crippen molar-refractivity contribution in [3.63, 3.8) is 0 Å². The summed E-state index contributed by atoms with van der Waals surface area (Å²) in [5.74, 6) is 0.926. The summed E-state index contributed by atoms with van der Waals surface area (Å²) in [5.41, 5.74) is 2.68. The van der Waals surface area contributed by atoms with E-state index in [9.17, 15) is 0 Å². The molecule has 0 atom stereocenters. The molecule has 104 valence electrons. The lowest BCUT2D eigenvalue weighted by atomic mass is 9.87. The molecule has 2 fully saturated rings. The number of nitrogens with zero attached hydrogens (tertiary/aromatic N) is 1. The third kappa shape index (κ3) is 3.23. The number of hydrogen-bond donors (Lipinski definition) is 1. The van der Waals surface area contributed by atoms with Crippen LogP contribution in [0.4, 0.5) is 11.4 Å². The fourth-order valence-corrected chi connectivity index (χ4v) is 3.38. The molecule has 1 saturated carbocycles. The molecule has 0 aromatic heterocycles. The van der Waals surface area contributed by atoms with Gasteiger partial charge in [0.2, 0.25) is 0 Å². The summed E-state index contributed by atoms with van der Waals surface area (Å²) in [6, 6.07) is 9.75. The van der Waals surface area contributed by atoms with Gasteiger partial charge in [-0.3, -0.25) is 0 Å². The van der Waals surface area contributed by atoms with E-state index in [1.54, 1.807) is 0 Å². The zero-order valence-electron chi connectivity index (χ0n) is 12.1. The minimum absolute atomic E-state index is 0.689. The third-order valence-corrected chi connectivity index (χ3v) is 4.73. The molecule has 1 saturated heterocycles. The molecule has 0 amide bonds. The zero-order valence-corrected chi connectivity index (χ0v) is 12.1. The van der Waals surface area contributed by atoms with Crippen molar-refractivity contribution in [3.05, 3.63) is 24.3 Å². The highest BCUT2D eigenvalue weighted by Crippen LogP contribution is 2.27. The van der Waals surface area contributed by atoms with Crippen LogP contribution in [0.15, 0.2) is 24.3 Å². The second-order valence-electron chi connectivity index (χ2n) is 6.34. The molecule has 2 aliphatic rings. The van der Waals surface area contributed by atoms with Crippen LogP contribution in [0.5, 0.6) is 0 Å². The number of nitrogens with one attached hydrogen (secondary N) is 1. The molecule has 19 heavy (non-hydrogen) atoms. The molecule has 2 heteroatoms. The molecule has 1 N–H and O–H groups in total. The van der Waals surface area contributed by atoms with E-state index in [1.165, 1.54) is 63.0 Å². The Hall–Kier alpha value is -1.18. The van der Waals surface area contributed by atoms with Crippen LogP contribution in [0, 0.1) is 5.92 Å². The van der Waals surface area contributed by atoms with Gasteiger partial charge in [-0.15, -0.1) is 0 Å². The summed E-state index contributed by atoms with van der Waals surface area (Å²) in [7, 11) is 0. The normalized spacial score (nSPS) is 27.5. The largest absolute Gasteiger partial charge is 0.382 e. The quantitative estimate of drug-likeness (QED) is 0.870. The summed E-state index contributed by atoms with van der Waals surface area (Å²) >= 11 is 0. The van der Waals surface area contributed by atoms with Gasteiger partial charge < -0.3 is 10.2 Å². The van der Waals surface area contributed by atoms with Crippen molar-refractivity contribution in [1.29, 1.82) is 0 Å². The van der Waals surface area contributed by atoms with E-state index >= 15 is 0 Å². The number of hydrogen-bond acceptors (Lipinski definition) is 2. The maximum absolute atomic E-state index is 3.70. The van der Waals surface area contributed by atoms with Gasteiger partial charge >= 0.3 is 0 Å². The Morgan fingerprint density at radius 3 is 2.21 bits per heavy atom. The van der Waals surface area contributed by atoms with Crippen molar-refractivity contribution < 1.29 is 0 Å². The van der Waals surface area contributed by atoms with Gasteiger partial charge in [0, 0.05) is 30.5 Å². The molecule has 0 spiro atoms. The first kappa shape index (κ1) is 12.8. The number of benzene rings is 1. The summed E-state index contributed by atoms with van der Waals surface area (Å²) < 4.78 is 0. The average molecular weight is 258 g/mol. The maximum Gasteiger partial charge on any atom is 0.0367 e. The highest BCUT2D eigenvalue weighted by molar-refractivity contribution is 5.55. The van der Waals surface area contributed by atoms with E-state index in [4.69, 9.17) is 0 Å². The first-order valence-corrected chi connectivity index (χ1v) is 7.93. The number of anilines is 2. The van der Waals surface area contributed by atoms with Crippen LogP contribution in [0.2, 0.25) is 0 Å². The smallest absolute Gasteiger partial charge is 0.0367 e. The molecule has 0 radical (unpaired) electrons. The van der Waals surface area contributed by atoms with Gasteiger partial charge in [-0.25, -0.2) is 0 Å². The Balaban J connectivity index is 1.56. The first-order chi connectivity index (χ1) is 9.31. The summed E-state index contributed by atoms with van der Waals surface area (Å²) in [5, 5.41) is 3.70. The molecule has 0 unspecified atom stereocenters. The fraction of sp³-hybridized carbons (Fsp3) is 0.647. The third-order valence-electron chi connectivity index (χ3n) is 4.73. The van der Waals surface area contributed by atoms with E-state index in [0.29, 0.717) is 6.04 Å². The summed E-state index contributed by atoms with van der Waals surface area (Å²) in [4.78, 5) is 2.49. The van der Waals surface area contributed by atoms with Gasteiger partial charge in [-0.1, -0.05) is 6.92 Å². The highest BCUT2D eigenvalue weighted by atomic mass is 15.1. The molecular weight excluding hydrogens is 232 g/mol. The molecule has 2 nitrogen and oxygen atoms in total. The van der Waals surface area contributed by atoms with Gasteiger partial charge in [0.15, 0.2) is 0 Å². The minimum atomic E-state index is 0.689. The molecular formula is C17H26N2. The van der Waals surface area contributed by atoms with Crippen molar-refractivity contribution in [1.82, 2.24) is 0 Å². The zero-order chi connectivity index (χ0) is 13.1. The topological polar surface area (TPSA) is 15.3 Å². The fourth-order valence-electron chi connectivity index (χ4n) is 3.38. The summed E-state index contributed by atoms with van der Waals surface area (Å²) in [6.45, 7) is 4.83. The van der Waals surface area contributed by atoms with E-state index in [2.05, 4.69) is 41.4 Å². The van der Waals surface area contributed by atoms with Crippen LogP contribution < -0.4 is 10.2 Å². The molecule has 0 bridgehead atoms. The van der Waals surface area contributed by atoms with Gasteiger partial charge in [-0.2, -0.15) is 0 Å². The van der Waals surface area contributed by atoms with Crippen molar-refractivity contribution >= 4 is 11.4 Å². The molecule has 3 rings (SSSR count). The van der Waals surface area contributed by atoms with Gasteiger partial charge in [0.25, 0.3) is 0 Å². The van der Waals surface area contributed by atoms with Crippen molar-refractivity contribution in [3.8, 4) is 0 Å². The first-order valence-electron chi connectivity index (χ1n) is 7.93. The Morgan fingerprint density at radius 2 is 1.58 bits per heavy atom. The van der Waals surface area contributed by atoms with E-state index in [-0.39, 0.29) is 0 Å². The van der Waals surface area contributed by atoms with E-state index in [1.807, 2.05) is 0 Å². The van der Waals surface area contributed by atoms with Crippen LogP contribution in [0.25, 0.3) is 0 Å². The minimum Gasteiger partial charge on any atom is -0.382 e. The maximum atomic E-state index is 3.70. The van der Waals surface area contributed by atoms with Crippen molar-refractivity contribution in [2.24, 2.45) is 5.92 Å².